The summed E-state index contributed by atoms with van der Waals surface area (Å²) in [6.07, 6.45) is 0. The highest BCUT2D eigenvalue weighted by Gasteiger charge is 2.00. The first-order valence-corrected chi connectivity index (χ1v) is 4.68. The van der Waals surface area contributed by atoms with Crippen molar-refractivity contribution >= 4 is 33.7 Å². The normalized spacial score (nSPS) is 18.7. The summed E-state index contributed by atoms with van der Waals surface area (Å²) in [5.74, 6) is 0. The molecule has 0 amide bonds. The van der Waals surface area contributed by atoms with E-state index in [0.717, 1.165) is 5.03 Å². The van der Waals surface area contributed by atoms with E-state index in [1.807, 2.05) is 5.41 Å². The summed E-state index contributed by atoms with van der Waals surface area (Å²) in [7, 11) is 3.23. The molecule has 0 aliphatic carbocycles. The molecule has 1 aliphatic rings. The second-order valence-electron chi connectivity index (χ2n) is 0.882. The van der Waals surface area contributed by atoms with Gasteiger partial charge in [0.1, 0.15) is 5.03 Å². The monoisotopic (exact) mass is 152 g/mol. The molecular formula is C2H4N2S3. The standard InChI is InChI=1S/C2H4N2S3/c3-6-2-1-5-7-4-2/h1,4H,3H2. The summed E-state index contributed by atoms with van der Waals surface area (Å²) in [6, 6.07) is 0. The van der Waals surface area contributed by atoms with Crippen LogP contribution in [0.25, 0.3) is 0 Å². The fourth-order valence-electron chi connectivity index (χ4n) is 0.209. The van der Waals surface area contributed by atoms with Gasteiger partial charge >= 0.3 is 0 Å². The third-order valence-corrected chi connectivity index (χ3v) is 2.78. The van der Waals surface area contributed by atoms with E-state index in [4.69, 9.17) is 5.14 Å². The maximum absolute atomic E-state index is 5.19. The maximum atomic E-state index is 5.19. The van der Waals surface area contributed by atoms with Gasteiger partial charge in [-0.15, -0.1) is 0 Å². The summed E-state index contributed by atoms with van der Waals surface area (Å²) in [6.45, 7) is 0. The van der Waals surface area contributed by atoms with Crippen molar-refractivity contribution in [1.29, 1.82) is 0 Å². The second-order valence-corrected chi connectivity index (χ2v) is 3.43. The lowest BCUT2D eigenvalue weighted by atomic mass is 11.1. The van der Waals surface area contributed by atoms with Crippen molar-refractivity contribution in [2.24, 2.45) is 5.14 Å². The Labute approximate surface area is 54.3 Å². The molecule has 40 valence electrons. The molecule has 0 aromatic rings. The van der Waals surface area contributed by atoms with Crippen molar-refractivity contribution < 1.29 is 0 Å². The fraction of sp³-hybridized carbons (Fsp3) is 0. The van der Waals surface area contributed by atoms with Gasteiger partial charge < -0.3 is 4.72 Å². The van der Waals surface area contributed by atoms with E-state index in [9.17, 15) is 0 Å². The lowest BCUT2D eigenvalue weighted by Gasteiger charge is -1.90. The van der Waals surface area contributed by atoms with Crippen LogP contribution in [0.3, 0.4) is 0 Å². The molecule has 0 radical (unpaired) electrons. The minimum Gasteiger partial charge on any atom is -0.313 e. The van der Waals surface area contributed by atoms with Crippen molar-refractivity contribution in [2.45, 2.75) is 0 Å². The summed E-state index contributed by atoms with van der Waals surface area (Å²) in [4.78, 5) is 0. The molecule has 1 rings (SSSR count). The van der Waals surface area contributed by atoms with Crippen LogP contribution in [0.15, 0.2) is 10.4 Å². The maximum Gasteiger partial charge on any atom is 0.101 e. The predicted molar refractivity (Wildman–Crippen MR) is 38.2 cm³/mol. The molecule has 0 saturated carbocycles. The molecule has 0 aromatic carbocycles. The Morgan fingerprint density at radius 3 is 3.00 bits per heavy atom. The average Bonchev–Trinajstić information content (AvgIpc) is 2.14. The minimum atomic E-state index is 1.04. The Bertz CT molecular complexity index is 90.9. The highest BCUT2D eigenvalue weighted by Crippen LogP contribution is 2.31. The van der Waals surface area contributed by atoms with Crippen LogP contribution in [0.4, 0.5) is 0 Å². The van der Waals surface area contributed by atoms with E-state index in [1.54, 1.807) is 21.8 Å². The van der Waals surface area contributed by atoms with E-state index in [0.29, 0.717) is 0 Å². The highest BCUT2D eigenvalue weighted by atomic mass is 33.1. The van der Waals surface area contributed by atoms with Gasteiger partial charge in [0.15, 0.2) is 0 Å². The second kappa shape index (κ2) is 2.76. The zero-order chi connectivity index (χ0) is 5.11. The van der Waals surface area contributed by atoms with Crippen LogP contribution in [-0.2, 0) is 0 Å². The molecule has 0 aromatic heterocycles. The van der Waals surface area contributed by atoms with Gasteiger partial charge in [0, 0.05) is 16.4 Å². The van der Waals surface area contributed by atoms with Gasteiger partial charge in [-0.25, -0.2) is 0 Å². The van der Waals surface area contributed by atoms with Gasteiger partial charge in [-0.2, -0.15) is 0 Å². The number of nitrogens with two attached hydrogens (primary N) is 1. The van der Waals surface area contributed by atoms with Crippen LogP contribution in [0.2, 0.25) is 0 Å². The first kappa shape index (κ1) is 5.68. The Hall–Kier alpha value is 0.550. The number of hydrogen-bond acceptors (Lipinski definition) is 5. The van der Waals surface area contributed by atoms with Gasteiger partial charge in [0.25, 0.3) is 0 Å². The lowest BCUT2D eigenvalue weighted by Crippen LogP contribution is -1.94. The Morgan fingerprint density at radius 2 is 2.71 bits per heavy atom. The van der Waals surface area contributed by atoms with Crippen LogP contribution < -0.4 is 9.86 Å². The molecule has 3 N–H and O–H groups in total. The number of rotatable bonds is 1. The molecular weight excluding hydrogens is 148 g/mol. The first-order chi connectivity index (χ1) is 3.43. The van der Waals surface area contributed by atoms with E-state index in [1.165, 1.54) is 11.9 Å². The summed E-state index contributed by atoms with van der Waals surface area (Å²) in [5, 5.41) is 8.21. The van der Waals surface area contributed by atoms with Crippen molar-refractivity contribution in [3.63, 3.8) is 0 Å². The fourth-order valence-corrected chi connectivity index (χ4v) is 2.54. The first-order valence-electron chi connectivity index (χ1n) is 1.58. The van der Waals surface area contributed by atoms with Gasteiger partial charge in [-0.1, -0.05) is 0 Å². The number of hydrogen-bond donors (Lipinski definition) is 2. The molecule has 0 fully saturated rings. The molecule has 0 bridgehead atoms. The quantitative estimate of drug-likeness (QED) is 0.437. The molecule has 1 heterocycles. The number of nitrogens with one attached hydrogen (secondary N) is 1. The molecule has 0 atom stereocenters. The third-order valence-electron chi connectivity index (χ3n) is 0.472. The molecule has 7 heavy (non-hydrogen) atoms. The summed E-state index contributed by atoms with van der Waals surface area (Å²) >= 11 is 1.24. The zero-order valence-electron chi connectivity index (χ0n) is 3.38. The van der Waals surface area contributed by atoms with Crippen LogP contribution in [0.5, 0.6) is 0 Å². The molecule has 0 spiro atoms. The lowest BCUT2D eigenvalue weighted by molar-refractivity contribution is 1.41. The molecule has 2 nitrogen and oxygen atoms in total. The zero-order valence-corrected chi connectivity index (χ0v) is 5.83. The molecule has 1 aliphatic heterocycles. The largest absolute Gasteiger partial charge is 0.313 e. The Balaban J connectivity index is 2.36. The van der Waals surface area contributed by atoms with E-state index < -0.39 is 0 Å². The van der Waals surface area contributed by atoms with Gasteiger partial charge in [0.2, 0.25) is 0 Å². The highest BCUT2D eigenvalue weighted by molar-refractivity contribution is 8.77. The van der Waals surface area contributed by atoms with E-state index >= 15 is 0 Å². The summed E-state index contributed by atoms with van der Waals surface area (Å²) < 4.78 is 2.98. The Kier molecular flexibility index (Phi) is 2.24. The van der Waals surface area contributed by atoms with Crippen molar-refractivity contribution in [2.75, 3.05) is 0 Å². The smallest absolute Gasteiger partial charge is 0.101 e. The predicted octanol–water partition coefficient (Wildman–Crippen LogP) is 1.29. The molecule has 5 heteroatoms. The van der Waals surface area contributed by atoms with Crippen LogP contribution in [0, 0.1) is 0 Å². The van der Waals surface area contributed by atoms with Crippen molar-refractivity contribution in [3.05, 3.63) is 10.4 Å². The topological polar surface area (TPSA) is 38.0 Å². The van der Waals surface area contributed by atoms with E-state index in [2.05, 4.69) is 4.72 Å². The van der Waals surface area contributed by atoms with Crippen LogP contribution in [-0.4, -0.2) is 0 Å². The SMILES string of the molecule is NSC1=CSSN1. The average molecular weight is 152 g/mol. The van der Waals surface area contributed by atoms with Crippen LogP contribution in [0.1, 0.15) is 0 Å². The van der Waals surface area contributed by atoms with Crippen molar-refractivity contribution in [3.8, 4) is 0 Å². The molecule has 0 saturated heterocycles. The minimum absolute atomic E-state index is 1.04. The Morgan fingerprint density at radius 1 is 1.86 bits per heavy atom. The van der Waals surface area contributed by atoms with Crippen LogP contribution >= 0.6 is 33.7 Å². The van der Waals surface area contributed by atoms with Gasteiger partial charge in [-0.3, -0.25) is 5.14 Å². The van der Waals surface area contributed by atoms with Gasteiger partial charge in [0.05, 0.1) is 0 Å². The van der Waals surface area contributed by atoms with E-state index in [-0.39, 0.29) is 0 Å². The van der Waals surface area contributed by atoms with Gasteiger partial charge in [-0.05, 0) is 22.7 Å². The summed E-state index contributed by atoms with van der Waals surface area (Å²) in [5.41, 5.74) is 0. The third kappa shape index (κ3) is 1.49. The van der Waals surface area contributed by atoms with Crippen molar-refractivity contribution in [1.82, 2.24) is 4.72 Å². The molecule has 0 unspecified atom stereocenters.